The number of anilines is 1. The molecule has 1 N–H and O–H groups in total. The molecule has 1 amide bonds. The van der Waals surface area contributed by atoms with Crippen molar-refractivity contribution in [3.63, 3.8) is 0 Å². The fourth-order valence-electron chi connectivity index (χ4n) is 9.51. The first kappa shape index (κ1) is 44.6. The lowest BCUT2D eigenvalue weighted by Gasteiger charge is -2.22. The molecule has 2 aliphatic rings. The van der Waals surface area contributed by atoms with E-state index in [1.807, 2.05) is 36.4 Å². The number of fused-ring (bicyclic) bond motifs is 12. The largest absolute Gasteiger partial charge is 1.00 e. The number of hydrogen-bond acceptors (Lipinski definition) is 5. The number of pyridine rings is 1. The highest BCUT2D eigenvalue weighted by atomic mass is 35.5. The van der Waals surface area contributed by atoms with Crippen LogP contribution >= 0.6 is 0 Å². The first-order chi connectivity index (χ1) is 32.0. The van der Waals surface area contributed by atoms with Crippen molar-refractivity contribution >= 4 is 77.9 Å². The van der Waals surface area contributed by atoms with Crippen LogP contribution in [0.1, 0.15) is 63.8 Å². The van der Waals surface area contributed by atoms with E-state index in [0.717, 1.165) is 61.3 Å². The number of carbonyl (C=O) groups excluding carboxylic acids is 1. The van der Waals surface area contributed by atoms with Crippen molar-refractivity contribution in [1.82, 2.24) is 0 Å². The molecule has 7 nitrogen and oxygen atoms in total. The Labute approximate surface area is 396 Å². The summed E-state index contributed by atoms with van der Waals surface area (Å²) in [5.74, 6) is 1.27. The number of rotatable bonds is 3. The normalized spacial score (nSPS) is 13.6. The Balaban J connectivity index is 0.000000126. The van der Waals surface area contributed by atoms with Gasteiger partial charge in [0.2, 0.25) is 11.4 Å². The zero-order valence-electron chi connectivity index (χ0n) is 38.7. The summed E-state index contributed by atoms with van der Waals surface area (Å²) in [6, 6.07) is 50.5. The zero-order chi connectivity index (χ0) is 45.6. The van der Waals surface area contributed by atoms with Crippen molar-refractivity contribution in [2.75, 3.05) is 12.4 Å². The number of para-hydroxylation sites is 1. The van der Waals surface area contributed by atoms with Crippen molar-refractivity contribution in [3.05, 3.63) is 196 Å². The fourth-order valence-corrected chi connectivity index (χ4v) is 9.51. The summed E-state index contributed by atoms with van der Waals surface area (Å²) >= 11 is 0. The average Bonchev–Trinajstić information content (AvgIpc) is 3.84. The number of methoxy groups -OCH3 is 1. The highest BCUT2D eigenvalue weighted by Gasteiger charge is 2.25. The van der Waals surface area contributed by atoms with Crippen molar-refractivity contribution in [2.45, 2.75) is 47.0 Å². The third-order valence-electron chi connectivity index (χ3n) is 13.1. The summed E-state index contributed by atoms with van der Waals surface area (Å²) in [7, 11) is 3.86. The molecule has 0 fully saturated rings. The lowest BCUT2D eigenvalue weighted by atomic mass is 9.91. The molecule has 3 heterocycles. The maximum Gasteiger partial charge on any atom is 0.224 e. The van der Waals surface area contributed by atoms with E-state index in [4.69, 9.17) is 9.15 Å². The smallest absolute Gasteiger partial charge is 0.224 e. The Morgan fingerprint density at radius 1 is 0.657 bits per heavy atom. The van der Waals surface area contributed by atoms with E-state index < -0.39 is 0 Å². The zero-order valence-corrected chi connectivity index (χ0v) is 39.5. The maximum atomic E-state index is 11.6. The second-order valence-electron chi connectivity index (χ2n) is 17.7. The van der Waals surface area contributed by atoms with Crippen LogP contribution in [0.5, 0.6) is 5.75 Å². The van der Waals surface area contributed by atoms with Crippen LogP contribution in [0, 0.1) is 27.7 Å². The summed E-state index contributed by atoms with van der Waals surface area (Å²) in [6.07, 6.45) is 4.59. The van der Waals surface area contributed by atoms with Crippen LogP contribution in [0.3, 0.4) is 0 Å². The van der Waals surface area contributed by atoms with Crippen molar-refractivity contribution in [3.8, 4) is 16.9 Å². The fraction of sp³-hybridized carbons (Fsp3) is 0.153. The minimum absolute atomic E-state index is 0. The van der Waals surface area contributed by atoms with Crippen LogP contribution in [-0.2, 0) is 11.8 Å². The summed E-state index contributed by atoms with van der Waals surface area (Å²) in [5.41, 5.74) is 16.9. The van der Waals surface area contributed by atoms with E-state index >= 15 is 0 Å². The van der Waals surface area contributed by atoms with Gasteiger partial charge in [0.1, 0.15) is 29.7 Å². The number of amides is 1. The van der Waals surface area contributed by atoms with Gasteiger partial charge < -0.3 is 26.9 Å². The molecular weight excluding hydrogens is 848 g/mol. The van der Waals surface area contributed by atoms with Gasteiger partial charge in [-0.2, -0.15) is 9.67 Å². The summed E-state index contributed by atoms with van der Waals surface area (Å²) in [5, 5.41) is 20.4. The minimum Gasteiger partial charge on any atom is -1.00 e. The van der Waals surface area contributed by atoms with E-state index in [1.165, 1.54) is 65.8 Å². The first-order valence-electron chi connectivity index (χ1n) is 22.5. The highest BCUT2D eigenvalue weighted by molar-refractivity contribution is 6.24. The van der Waals surface area contributed by atoms with Gasteiger partial charge in [-0.15, -0.1) is 5.10 Å². The van der Waals surface area contributed by atoms with Crippen LogP contribution < -0.4 is 27.0 Å². The number of hydrogen-bond donors (Lipinski definition) is 1. The third-order valence-corrected chi connectivity index (χ3v) is 13.1. The van der Waals surface area contributed by atoms with Gasteiger partial charge in [0.25, 0.3) is 0 Å². The minimum atomic E-state index is 0. The number of carbonyl (C=O) groups is 1. The summed E-state index contributed by atoms with van der Waals surface area (Å²) in [4.78, 5) is 11.6. The Bertz CT molecular complexity index is 3580. The lowest BCUT2D eigenvalue weighted by molar-refractivity contribution is -0.642. The molecule has 0 saturated heterocycles. The predicted molar refractivity (Wildman–Crippen MR) is 273 cm³/mol. The van der Waals surface area contributed by atoms with Gasteiger partial charge in [0.15, 0.2) is 6.20 Å². The highest BCUT2D eigenvalue weighted by Crippen LogP contribution is 2.40. The topological polar surface area (TPSA) is 80.1 Å². The first-order valence-corrected chi connectivity index (χ1v) is 22.5. The molecule has 8 heteroatoms. The molecule has 1 aliphatic heterocycles. The van der Waals surface area contributed by atoms with Crippen LogP contribution in [0.4, 0.5) is 5.69 Å². The van der Waals surface area contributed by atoms with E-state index in [0.29, 0.717) is 6.42 Å². The van der Waals surface area contributed by atoms with Gasteiger partial charge in [-0.05, 0) is 114 Å². The summed E-state index contributed by atoms with van der Waals surface area (Å²) < 4.78 is 13.6. The molecule has 0 saturated carbocycles. The lowest BCUT2D eigenvalue weighted by Crippen LogP contribution is -3.00. The molecule has 8 aromatic carbocycles. The number of nitrogens with one attached hydrogen (secondary N) is 1. The van der Waals surface area contributed by atoms with Gasteiger partial charge in [0.05, 0.1) is 24.1 Å². The molecule has 10 aromatic rings. The number of aryl methyl sites for hydroxylation is 5. The summed E-state index contributed by atoms with van der Waals surface area (Å²) in [6.45, 7) is 10.6. The number of ether oxygens (including phenoxy) is 1. The molecule has 1 aliphatic carbocycles. The molecule has 0 radical (unpaired) electrons. The number of benzene rings is 8. The van der Waals surface area contributed by atoms with Gasteiger partial charge in [-0.25, -0.2) is 0 Å². The standard InChI is InChI=1S/C22H22NO.C21H16N2.C16H13NO2.ClH/c1-13-8-17-12-23(4)22-18(19(17)9-14(13)2)7-6-16-11-21(24-5)15(3)10-20(16)22;1-15-10-12-16(13-11-15)14-22-23-21-19-8-4-2-6-17(19)18-7-3-5-9-20(18)21;1-9-6-16(18)17-13-8-15-12(7-11(9)13)10-4-2-3-5-14(10)19-15;/h6-12H,1-5H3;2-14H,1H3;2-5,7-9H,6H2,1H3,(H,17,18);1H/q+1;;;/p-1/b;22-14+;;. The number of nitrogens with zero attached hydrogens (tertiary/aromatic N) is 3. The van der Waals surface area contributed by atoms with Crippen molar-refractivity contribution in [2.24, 2.45) is 17.3 Å². The molecule has 67 heavy (non-hydrogen) atoms. The predicted octanol–water partition coefficient (Wildman–Crippen LogP) is 10.8. The Morgan fingerprint density at radius 3 is 2.03 bits per heavy atom. The molecule has 0 spiro atoms. The van der Waals surface area contributed by atoms with Gasteiger partial charge in [-0.1, -0.05) is 116 Å². The number of aromatic nitrogens is 1. The van der Waals surface area contributed by atoms with Crippen molar-refractivity contribution in [1.29, 1.82) is 0 Å². The quantitative estimate of drug-likeness (QED) is 0.0830. The molecule has 1 atom stereocenters. The second-order valence-corrected chi connectivity index (χ2v) is 17.7. The van der Waals surface area contributed by atoms with Crippen LogP contribution in [0.2, 0.25) is 0 Å². The Morgan fingerprint density at radius 2 is 1.31 bits per heavy atom. The van der Waals surface area contributed by atoms with Gasteiger partial charge in [-0.3, -0.25) is 4.79 Å². The van der Waals surface area contributed by atoms with Gasteiger partial charge in [0, 0.05) is 50.8 Å². The Hall–Kier alpha value is -7.61. The number of furan rings is 1. The van der Waals surface area contributed by atoms with E-state index in [-0.39, 0.29) is 24.2 Å². The van der Waals surface area contributed by atoms with Gasteiger partial charge >= 0.3 is 0 Å². The third kappa shape index (κ3) is 8.43. The van der Waals surface area contributed by atoms with E-state index in [2.05, 4.69) is 177 Å². The van der Waals surface area contributed by atoms with Crippen LogP contribution in [-0.4, -0.2) is 24.9 Å². The number of halogens is 1. The van der Waals surface area contributed by atoms with Crippen LogP contribution in [0.25, 0.3) is 65.5 Å². The molecule has 12 rings (SSSR count). The van der Waals surface area contributed by atoms with Crippen molar-refractivity contribution < 1.29 is 30.9 Å². The molecule has 0 bridgehead atoms. The van der Waals surface area contributed by atoms with E-state index in [1.54, 1.807) is 13.3 Å². The van der Waals surface area contributed by atoms with E-state index in [9.17, 15) is 4.79 Å². The molecule has 332 valence electrons. The second kappa shape index (κ2) is 18.3. The maximum absolute atomic E-state index is 11.6. The SMILES string of the molecule is CC1CC(=O)Nc2cc3oc4ccccc4c3cc21.COc1cc2ccc3c4cc(C)c(C)cc4c[n+](C)c3c2cc1C.Cc1ccc(/C=N/N=C2c3ccccc3-c3ccccc32)cc1.[Cl-]. The molecule has 2 aromatic heterocycles. The molecule has 1 unspecified atom stereocenters. The average molecular weight is 900 g/mol. The monoisotopic (exact) mass is 898 g/mol. The van der Waals surface area contributed by atoms with Crippen LogP contribution in [0.15, 0.2) is 166 Å². The Kier molecular flexibility index (Phi) is 12.2. The molecular formula is C59H51ClN4O3.